The number of hydrogen-bond acceptors (Lipinski definition) is 2. The fourth-order valence-electron chi connectivity index (χ4n) is 3.74. The molecule has 0 aromatic carbocycles. The van der Waals surface area contributed by atoms with Gasteiger partial charge in [0, 0.05) is 6.04 Å². The molecule has 1 saturated carbocycles. The van der Waals surface area contributed by atoms with Crippen molar-refractivity contribution in [2.75, 3.05) is 6.54 Å². The summed E-state index contributed by atoms with van der Waals surface area (Å²) in [7, 11) is 0. The van der Waals surface area contributed by atoms with Crippen LogP contribution in [0.4, 0.5) is 0 Å². The van der Waals surface area contributed by atoms with Gasteiger partial charge in [-0.05, 0) is 23.7 Å². The van der Waals surface area contributed by atoms with Crippen molar-refractivity contribution in [2.24, 2.45) is 10.8 Å². The summed E-state index contributed by atoms with van der Waals surface area (Å²) in [5.74, 6) is 0.0718. The maximum absolute atomic E-state index is 12.8. The van der Waals surface area contributed by atoms with E-state index in [9.17, 15) is 9.59 Å². The zero-order valence-electron chi connectivity index (χ0n) is 13.0. The van der Waals surface area contributed by atoms with Gasteiger partial charge in [-0.25, -0.2) is 0 Å². The van der Waals surface area contributed by atoms with E-state index in [2.05, 4.69) is 33.0 Å². The van der Waals surface area contributed by atoms with Crippen LogP contribution in [0.3, 0.4) is 0 Å². The Hall–Kier alpha value is -1.06. The normalized spacial score (nSPS) is 28.2. The molecule has 108 valence electrons. The summed E-state index contributed by atoms with van der Waals surface area (Å²) in [5.41, 5.74) is -0.537. The summed E-state index contributed by atoms with van der Waals surface area (Å²) in [4.78, 5) is 26.7. The largest absolute Gasteiger partial charge is 0.340 e. The molecule has 19 heavy (non-hydrogen) atoms. The van der Waals surface area contributed by atoms with E-state index in [1.807, 2.05) is 18.7 Å². The van der Waals surface area contributed by atoms with Crippen LogP contribution in [0.1, 0.15) is 54.4 Å². The third kappa shape index (κ3) is 1.72. The Bertz CT molecular complexity index is 408. The highest BCUT2D eigenvalue weighted by atomic mass is 16.2. The van der Waals surface area contributed by atoms with Gasteiger partial charge in [0.05, 0.1) is 6.54 Å². The zero-order chi connectivity index (χ0) is 14.6. The molecule has 2 rings (SSSR count). The van der Waals surface area contributed by atoms with Crippen LogP contribution in [0.5, 0.6) is 0 Å². The number of nitrogens with zero attached hydrogens (tertiary/aromatic N) is 1. The first-order valence-electron chi connectivity index (χ1n) is 7.26. The third-order valence-corrected chi connectivity index (χ3v) is 5.83. The van der Waals surface area contributed by atoms with Gasteiger partial charge in [-0.3, -0.25) is 9.59 Å². The Morgan fingerprint density at radius 1 is 1.11 bits per heavy atom. The Labute approximate surface area is 115 Å². The molecule has 1 aliphatic heterocycles. The van der Waals surface area contributed by atoms with Crippen molar-refractivity contribution in [1.29, 1.82) is 0 Å². The molecule has 0 radical (unpaired) electrons. The molecule has 0 spiro atoms. The lowest BCUT2D eigenvalue weighted by Gasteiger charge is -2.42. The highest BCUT2D eigenvalue weighted by molar-refractivity contribution is 5.98. The predicted molar refractivity (Wildman–Crippen MR) is 74.5 cm³/mol. The van der Waals surface area contributed by atoms with E-state index in [4.69, 9.17) is 0 Å². The van der Waals surface area contributed by atoms with Gasteiger partial charge >= 0.3 is 0 Å². The molecular formula is C15H26N2O2. The average Bonchev–Trinajstić information content (AvgIpc) is 2.73. The SMILES string of the molecule is CCC1(CC)NC(=O)CN(C2C(C)(C)C2(C)C)C1=O. The maximum Gasteiger partial charge on any atom is 0.249 e. The van der Waals surface area contributed by atoms with Gasteiger partial charge in [0.15, 0.2) is 0 Å². The van der Waals surface area contributed by atoms with Gasteiger partial charge in [-0.1, -0.05) is 41.5 Å². The Balaban J connectivity index is 2.33. The highest BCUT2D eigenvalue weighted by Gasteiger charge is 2.69. The second-order valence-corrected chi connectivity index (χ2v) is 7.12. The van der Waals surface area contributed by atoms with Crippen molar-refractivity contribution in [2.45, 2.75) is 66.0 Å². The van der Waals surface area contributed by atoms with E-state index >= 15 is 0 Å². The Morgan fingerprint density at radius 3 is 1.95 bits per heavy atom. The van der Waals surface area contributed by atoms with E-state index in [0.717, 1.165) is 0 Å². The molecule has 0 bridgehead atoms. The molecule has 0 aromatic heterocycles. The van der Waals surface area contributed by atoms with Crippen LogP contribution in [0, 0.1) is 10.8 Å². The first-order valence-corrected chi connectivity index (χ1v) is 7.26. The van der Waals surface area contributed by atoms with Crippen molar-refractivity contribution in [1.82, 2.24) is 10.2 Å². The number of rotatable bonds is 3. The molecule has 2 amide bonds. The smallest absolute Gasteiger partial charge is 0.249 e. The predicted octanol–water partition coefficient (Wildman–Crippen LogP) is 1.94. The van der Waals surface area contributed by atoms with Crippen molar-refractivity contribution < 1.29 is 9.59 Å². The highest BCUT2D eigenvalue weighted by Crippen LogP contribution is 2.65. The molecule has 0 aromatic rings. The first kappa shape index (κ1) is 14.4. The van der Waals surface area contributed by atoms with Gasteiger partial charge in [-0.15, -0.1) is 0 Å². The van der Waals surface area contributed by atoms with Crippen LogP contribution < -0.4 is 5.32 Å². The quantitative estimate of drug-likeness (QED) is 0.848. The number of carbonyl (C=O) groups is 2. The number of hydrogen-bond donors (Lipinski definition) is 1. The van der Waals surface area contributed by atoms with Crippen LogP contribution in [-0.4, -0.2) is 34.8 Å². The van der Waals surface area contributed by atoms with Crippen molar-refractivity contribution >= 4 is 11.8 Å². The lowest BCUT2D eigenvalue weighted by atomic mass is 9.88. The van der Waals surface area contributed by atoms with E-state index < -0.39 is 5.54 Å². The van der Waals surface area contributed by atoms with Crippen molar-refractivity contribution in [3.63, 3.8) is 0 Å². The molecule has 0 unspecified atom stereocenters. The molecule has 1 saturated heterocycles. The van der Waals surface area contributed by atoms with Crippen molar-refractivity contribution in [3.8, 4) is 0 Å². The van der Waals surface area contributed by atoms with Gasteiger partial charge in [-0.2, -0.15) is 0 Å². The molecule has 0 atom stereocenters. The summed E-state index contributed by atoms with van der Waals surface area (Å²) >= 11 is 0. The average molecular weight is 266 g/mol. The van der Waals surface area contributed by atoms with E-state index in [-0.39, 0.29) is 35.2 Å². The number of nitrogens with one attached hydrogen (secondary N) is 1. The van der Waals surface area contributed by atoms with Gasteiger partial charge in [0.1, 0.15) is 5.54 Å². The van der Waals surface area contributed by atoms with Crippen LogP contribution in [0.25, 0.3) is 0 Å². The molecule has 4 nitrogen and oxygen atoms in total. The number of piperazine rings is 1. The van der Waals surface area contributed by atoms with E-state index in [1.54, 1.807) is 0 Å². The second kappa shape index (κ2) is 3.97. The van der Waals surface area contributed by atoms with Gasteiger partial charge < -0.3 is 10.2 Å². The summed E-state index contributed by atoms with van der Waals surface area (Å²) < 4.78 is 0. The first-order chi connectivity index (χ1) is 8.64. The number of amides is 2. The fraction of sp³-hybridized carbons (Fsp3) is 0.867. The molecular weight excluding hydrogens is 240 g/mol. The minimum Gasteiger partial charge on any atom is -0.340 e. The monoisotopic (exact) mass is 266 g/mol. The van der Waals surface area contributed by atoms with E-state index in [1.165, 1.54) is 0 Å². The molecule has 2 fully saturated rings. The van der Waals surface area contributed by atoms with Gasteiger partial charge in [0.2, 0.25) is 11.8 Å². The zero-order valence-corrected chi connectivity index (χ0v) is 13.0. The standard InChI is InChI=1S/C15H26N2O2/c1-7-15(8-2)12(19)17(9-10(18)16-15)11-13(3,4)14(11,5)6/h11H,7-9H2,1-6H3,(H,16,18). The lowest BCUT2D eigenvalue weighted by molar-refractivity contribution is -0.151. The lowest BCUT2D eigenvalue weighted by Crippen LogP contribution is -2.67. The van der Waals surface area contributed by atoms with Crippen LogP contribution >= 0.6 is 0 Å². The molecule has 1 heterocycles. The summed E-state index contributed by atoms with van der Waals surface area (Å²) in [6.45, 7) is 12.9. The molecule has 4 heteroatoms. The third-order valence-electron chi connectivity index (χ3n) is 5.83. The molecule has 1 aliphatic carbocycles. The maximum atomic E-state index is 12.8. The summed E-state index contributed by atoms with van der Waals surface area (Å²) in [6.07, 6.45) is 1.30. The van der Waals surface area contributed by atoms with Gasteiger partial charge in [0.25, 0.3) is 0 Å². The second-order valence-electron chi connectivity index (χ2n) is 7.12. The summed E-state index contributed by atoms with van der Waals surface area (Å²) in [6, 6.07) is 0.163. The molecule has 2 aliphatic rings. The molecule has 1 N–H and O–H groups in total. The Kier molecular flexibility index (Phi) is 3.00. The minimum absolute atomic E-state index is 0.0261. The fourth-order valence-corrected chi connectivity index (χ4v) is 3.74. The summed E-state index contributed by atoms with van der Waals surface area (Å²) in [5, 5.41) is 2.92. The van der Waals surface area contributed by atoms with Crippen LogP contribution in [0.2, 0.25) is 0 Å². The van der Waals surface area contributed by atoms with Crippen molar-refractivity contribution in [3.05, 3.63) is 0 Å². The van der Waals surface area contributed by atoms with Crippen LogP contribution in [-0.2, 0) is 9.59 Å². The van der Waals surface area contributed by atoms with Crippen LogP contribution in [0.15, 0.2) is 0 Å². The van der Waals surface area contributed by atoms with E-state index in [0.29, 0.717) is 12.8 Å². The topological polar surface area (TPSA) is 49.4 Å². The Morgan fingerprint density at radius 2 is 1.58 bits per heavy atom. The number of carbonyl (C=O) groups excluding carboxylic acids is 2. The minimum atomic E-state index is -0.690.